The Morgan fingerprint density at radius 1 is 1.21 bits per heavy atom. The number of nitrogens with zero attached hydrogens (tertiary/aromatic N) is 1. The van der Waals surface area contributed by atoms with E-state index in [9.17, 15) is 39.0 Å². The maximum absolute atomic E-state index is 12.4. The molecule has 188 valence electrons. The van der Waals surface area contributed by atoms with Gasteiger partial charge >= 0.3 is 17.6 Å². The summed E-state index contributed by atoms with van der Waals surface area (Å²) in [5, 5.41) is 42.4. The Morgan fingerprint density at radius 2 is 1.85 bits per heavy atom. The van der Waals surface area contributed by atoms with E-state index < -0.39 is 71.6 Å². The largest absolute Gasteiger partial charge is 0.481 e. The minimum absolute atomic E-state index is 0.0201. The van der Waals surface area contributed by atoms with Crippen molar-refractivity contribution >= 4 is 23.8 Å². The molecule has 0 saturated carbocycles. The van der Waals surface area contributed by atoms with E-state index in [0.717, 1.165) is 10.8 Å². The summed E-state index contributed by atoms with van der Waals surface area (Å²) in [6.45, 7) is 1.26. The zero-order valence-electron chi connectivity index (χ0n) is 17.9. The second-order valence-electron chi connectivity index (χ2n) is 7.70. The number of aromatic nitrogens is 2. The molecule has 16 nitrogen and oxygen atoms in total. The Balaban J connectivity index is 1.91. The molecule has 9 N–H and O–H groups in total. The number of hydrogen-bond donors (Lipinski definition) is 8. The van der Waals surface area contributed by atoms with E-state index in [1.54, 1.807) is 0 Å². The molecule has 5 atom stereocenters. The monoisotopic (exact) mass is 487 g/mol. The first kappa shape index (κ1) is 26.7. The number of carboxylic acids is 2. The van der Waals surface area contributed by atoms with Crippen LogP contribution in [0.3, 0.4) is 0 Å². The number of aliphatic hydroxyl groups excluding tert-OH is 2. The fourth-order valence-electron chi connectivity index (χ4n) is 3.17. The first-order chi connectivity index (χ1) is 15.8. The highest BCUT2D eigenvalue weighted by atomic mass is 16.6. The lowest BCUT2D eigenvalue weighted by Gasteiger charge is -2.24. The molecule has 1 saturated heterocycles. The first-order valence-corrected chi connectivity index (χ1v) is 9.93. The summed E-state index contributed by atoms with van der Waals surface area (Å²) < 4.78 is 6.16. The van der Waals surface area contributed by atoms with E-state index in [1.807, 2.05) is 10.3 Å². The molecule has 0 radical (unpaired) electrons. The number of aromatic amines is 1. The third-order valence-electron chi connectivity index (χ3n) is 4.97. The molecule has 0 bridgehead atoms. The predicted octanol–water partition coefficient (Wildman–Crippen LogP) is -4.31. The van der Waals surface area contributed by atoms with Crippen LogP contribution < -0.4 is 27.6 Å². The average molecular weight is 487 g/mol. The fourth-order valence-corrected chi connectivity index (χ4v) is 3.17. The van der Waals surface area contributed by atoms with Crippen LogP contribution in [0.5, 0.6) is 0 Å². The Kier molecular flexibility index (Phi) is 8.27. The first-order valence-electron chi connectivity index (χ1n) is 9.93. The zero-order chi connectivity index (χ0) is 25.8. The molecule has 1 aromatic rings. The SMILES string of the molecule is Cc1cn([C@@H]2O[C@H](C(=O)NCCCC(=O)N[C@@](N)(CC(=O)O)C(=O)O)[C@H](O)[C@@H]2O)c(=O)[nH]c1=O. The third kappa shape index (κ3) is 6.04. The van der Waals surface area contributed by atoms with Crippen molar-refractivity contribution in [3.63, 3.8) is 0 Å². The standard InChI is InChI=1S/C18H25N5O11/c1-7-6-23(17(33)21-13(7)29)15-11(28)10(27)12(34-15)14(30)20-4-2-3-8(24)22-18(19,16(31)32)5-9(25)26/h6,10-12,15,27-28H,2-5,19H2,1H3,(H,20,30)(H,22,24)(H,25,26)(H,31,32)(H,21,29,33)/t10-,11+,12+,15-,18+/m1/s1. The second-order valence-corrected chi connectivity index (χ2v) is 7.70. The van der Waals surface area contributed by atoms with Crippen molar-refractivity contribution in [2.45, 2.75) is 56.4 Å². The second kappa shape index (κ2) is 10.6. The molecule has 1 aliphatic rings. The van der Waals surface area contributed by atoms with Crippen LogP contribution in [0.4, 0.5) is 0 Å². The number of aliphatic hydroxyl groups is 2. The van der Waals surface area contributed by atoms with Crippen molar-refractivity contribution in [1.29, 1.82) is 0 Å². The lowest BCUT2D eigenvalue weighted by molar-refractivity contribution is -0.153. The van der Waals surface area contributed by atoms with E-state index in [1.165, 1.54) is 6.92 Å². The van der Waals surface area contributed by atoms with Gasteiger partial charge in [0.1, 0.15) is 12.2 Å². The Bertz CT molecular complexity index is 1080. The van der Waals surface area contributed by atoms with Crippen LogP contribution in [-0.4, -0.2) is 84.2 Å². The smallest absolute Gasteiger partial charge is 0.345 e. The van der Waals surface area contributed by atoms with Crippen LogP contribution in [0.25, 0.3) is 0 Å². The van der Waals surface area contributed by atoms with Gasteiger partial charge in [-0.2, -0.15) is 0 Å². The molecule has 0 spiro atoms. The van der Waals surface area contributed by atoms with Gasteiger partial charge in [-0.05, 0) is 13.3 Å². The van der Waals surface area contributed by atoms with Crippen LogP contribution in [0.1, 0.15) is 31.1 Å². The van der Waals surface area contributed by atoms with Gasteiger partial charge in [-0.25, -0.2) is 9.59 Å². The molecule has 2 amide bonds. The van der Waals surface area contributed by atoms with Crippen molar-refractivity contribution in [3.05, 3.63) is 32.6 Å². The molecule has 0 unspecified atom stereocenters. The van der Waals surface area contributed by atoms with Crippen molar-refractivity contribution in [2.24, 2.45) is 5.73 Å². The third-order valence-corrected chi connectivity index (χ3v) is 4.97. The normalized spacial score (nSPS) is 23.6. The molecule has 1 aromatic heterocycles. The van der Waals surface area contributed by atoms with Crippen molar-refractivity contribution in [2.75, 3.05) is 6.54 Å². The number of H-pyrrole nitrogens is 1. The molecular formula is C18H25N5O11. The molecule has 0 aliphatic carbocycles. The Morgan fingerprint density at radius 3 is 2.44 bits per heavy atom. The number of carbonyl (C=O) groups is 4. The van der Waals surface area contributed by atoms with E-state index in [4.69, 9.17) is 20.7 Å². The Labute approximate surface area is 190 Å². The van der Waals surface area contributed by atoms with E-state index in [-0.39, 0.29) is 24.9 Å². The molecule has 1 aliphatic heterocycles. The molecule has 34 heavy (non-hydrogen) atoms. The summed E-state index contributed by atoms with van der Waals surface area (Å²) in [4.78, 5) is 71.7. The zero-order valence-corrected chi connectivity index (χ0v) is 17.9. The fraction of sp³-hybridized carbons (Fsp3) is 0.556. The number of carbonyl (C=O) groups excluding carboxylic acids is 2. The van der Waals surface area contributed by atoms with Gasteiger partial charge in [0, 0.05) is 24.7 Å². The highest BCUT2D eigenvalue weighted by Crippen LogP contribution is 2.28. The minimum Gasteiger partial charge on any atom is -0.481 e. The van der Waals surface area contributed by atoms with Crippen LogP contribution in [0, 0.1) is 6.92 Å². The summed E-state index contributed by atoms with van der Waals surface area (Å²) >= 11 is 0. The Hall–Kier alpha value is -3.60. The average Bonchev–Trinajstić information content (AvgIpc) is 3.02. The summed E-state index contributed by atoms with van der Waals surface area (Å²) in [5.74, 6) is -5.02. The predicted molar refractivity (Wildman–Crippen MR) is 109 cm³/mol. The quantitative estimate of drug-likeness (QED) is 0.115. The number of carboxylic acid groups (broad SMARTS) is 2. The lowest BCUT2D eigenvalue weighted by atomic mass is 10.1. The number of aliphatic carboxylic acids is 2. The highest BCUT2D eigenvalue weighted by molar-refractivity contribution is 5.90. The number of rotatable bonds is 10. The number of hydrogen-bond acceptors (Lipinski definition) is 10. The number of nitrogens with two attached hydrogens (primary N) is 1. The topological polar surface area (TPSA) is 263 Å². The van der Waals surface area contributed by atoms with Gasteiger partial charge in [-0.3, -0.25) is 34.5 Å². The van der Waals surface area contributed by atoms with Crippen LogP contribution >= 0.6 is 0 Å². The molecule has 2 heterocycles. The highest BCUT2D eigenvalue weighted by Gasteiger charge is 2.47. The van der Waals surface area contributed by atoms with E-state index in [2.05, 4.69) is 5.32 Å². The maximum Gasteiger partial charge on any atom is 0.345 e. The van der Waals surface area contributed by atoms with Crippen LogP contribution in [0.15, 0.2) is 15.8 Å². The summed E-state index contributed by atoms with van der Waals surface area (Å²) in [7, 11) is 0. The van der Waals surface area contributed by atoms with Crippen molar-refractivity contribution in [1.82, 2.24) is 20.2 Å². The number of aryl methyl sites for hydroxylation is 1. The number of nitrogens with one attached hydrogen (secondary N) is 3. The summed E-state index contributed by atoms with van der Waals surface area (Å²) in [6, 6.07) is 0. The van der Waals surface area contributed by atoms with Gasteiger partial charge in [0.25, 0.3) is 11.5 Å². The number of ether oxygens (including phenoxy) is 1. The van der Waals surface area contributed by atoms with Gasteiger partial charge in [-0.15, -0.1) is 0 Å². The van der Waals surface area contributed by atoms with E-state index >= 15 is 0 Å². The lowest BCUT2D eigenvalue weighted by Crippen LogP contribution is -2.62. The molecule has 0 aromatic carbocycles. The van der Waals surface area contributed by atoms with Crippen molar-refractivity contribution < 1.29 is 44.3 Å². The van der Waals surface area contributed by atoms with Gasteiger partial charge in [-0.1, -0.05) is 0 Å². The van der Waals surface area contributed by atoms with Crippen LogP contribution in [-0.2, 0) is 23.9 Å². The van der Waals surface area contributed by atoms with Gasteiger partial charge < -0.3 is 35.8 Å². The molecule has 16 heteroatoms. The van der Waals surface area contributed by atoms with E-state index in [0.29, 0.717) is 0 Å². The maximum atomic E-state index is 12.4. The van der Waals surface area contributed by atoms with Gasteiger partial charge in [0.2, 0.25) is 5.91 Å². The van der Waals surface area contributed by atoms with Crippen molar-refractivity contribution in [3.8, 4) is 0 Å². The minimum atomic E-state index is -2.50. The van der Waals surface area contributed by atoms with Gasteiger partial charge in [0.15, 0.2) is 18.0 Å². The summed E-state index contributed by atoms with van der Waals surface area (Å²) in [6.07, 6.45) is -6.70. The summed E-state index contributed by atoms with van der Waals surface area (Å²) in [5.41, 5.74) is 1.46. The number of amides is 2. The molecule has 2 rings (SSSR count). The van der Waals surface area contributed by atoms with Gasteiger partial charge in [0.05, 0.1) is 6.42 Å². The van der Waals surface area contributed by atoms with Crippen LogP contribution in [0.2, 0.25) is 0 Å². The molecular weight excluding hydrogens is 462 g/mol. The molecule has 1 fully saturated rings.